The van der Waals surface area contributed by atoms with Crippen LogP contribution in [0.4, 0.5) is 16.0 Å². The van der Waals surface area contributed by atoms with E-state index in [2.05, 4.69) is 38.4 Å². The van der Waals surface area contributed by atoms with Crippen LogP contribution in [0.2, 0.25) is 0 Å². The maximum absolute atomic E-state index is 15.3. The van der Waals surface area contributed by atoms with Crippen LogP contribution in [-0.4, -0.2) is 59.3 Å². The number of aryl methyl sites for hydroxylation is 1. The molecule has 5 rings (SSSR count). The Hall–Kier alpha value is -2.08. The van der Waals surface area contributed by atoms with Crippen molar-refractivity contribution >= 4 is 32.6 Å². The van der Waals surface area contributed by atoms with Crippen molar-refractivity contribution in [2.24, 2.45) is 0 Å². The van der Waals surface area contributed by atoms with Crippen LogP contribution in [0.1, 0.15) is 51.0 Å². The molecule has 3 unspecified atom stereocenters. The zero-order valence-corrected chi connectivity index (χ0v) is 20.0. The van der Waals surface area contributed by atoms with E-state index < -0.39 is 15.8 Å². The van der Waals surface area contributed by atoms with Gasteiger partial charge in [0, 0.05) is 35.8 Å². The highest BCUT2D eigenvalue weighted by atomic mass is 32.2. The molecule has 0 radical (unpaired) electrons. The van der Waals surface area contributed by atoms with Crippen molar-refractivity contribution in [2.75, 3.05) is 16.9 Å². The lowest BCUT2D eigenvalue weighted by Gasteiger charge is -2.47. The molecule has 2 aromatic rings. The van der Waals surface area contributed by atoms with E-state index in [1.807, 2.05) is 13.0 Å². The largest absolute Gasteiger partial charge is 0.367 e. The Labute approximate surface area is 193 Å². The summed E-state index contributed by atoms with van der Waals surface area (Å²) in [5.74, 6) is 0.268. The zero-order chi connectivity index (χ0) is 23.3. The molecule has 3 saturated heterocycles. The first-order valence-electron chi connectivity index (χ1n) is 11.7. The van der Waals surface area contributed by atoms with E-state index in [1.54, 1.807) is 10.5 Å². The van der Waals surface area contributed by atoms with Crippen LogP contribution in [0.5, 0.6) is 0 Å². The number of fused-ring (bicyclic) bond motifs is 3. The summed E-state index contributed by atoms with van der Waals surface area (Å²) in [6.07, 6.45) is 7.80. The quantitative estimate of drug-likeness (QED) is 0.520. The van der Waals surface area contributed by atoms with Gasteiger partial charge in [0.05, 0.1) is 12.4 Å². The number of pyridine rings is 2. The molecule has 11 heteroatoms. The number of piperidine rings is 2. The van der Waals surface area contributed by atoms with Crippen LogP contribution >= 0.6 is 0 Å². The second-order valence-electron chi connectivity index (χ2n) is 9.80. The number of halogens is 1. The molecule has 33 heavy (non-hydrogen) atoms. The molecule has 0 aliphatic carbocycles. The van der Waals surface area contributed by atoms with Crippen LogP contribution in [0.3, 0.4) is 0 Å². The van der Waals surface area contributed by atoms with E-state index in [4.69, 9.17) is 0 Å². The Kier molecular flexibility index (Phi) is 5.92. The minimum Gasteiger partial charge on any atom is -0.367 e. The molecule has 3 aliphatic heterocycles. The molecule has 0 amide bonds. The maximum atomic E-state index is 15.3. The van der Waals surface area contributed by atoms with Crippen molar-refractivity contribution in [3.05, 3.63) is 23.6 Å². The Morgan fingerprint density at radius 1 is 1.12 bits per heavy atom. The molecular weight excluding hydrogens is 445 g/mol. The number of anilines is 2. The van der Waals surface area contributed by atoms with Crippen molar-refractivity contribution in [1.29, 1.82) is 0 Å². The summed E-state index contributed by atoms with van der Waals surface area (Å²) in [4.78, 5) is 9.02. The number of nitrogens with zero attached hydrogens (tertiary/aromatic N) is 3. The van der Waals surface area contributed by atoms with Gasteiger partial charge < -0.3 is 10.6 Å². The third kappa shape index (κ3) is 4.51. The Morgan fingerprint density at radius 2 is 1.85 bits per heavy atom. The third-order valence-electron chi connectivity index (χ3n) is 6.95. The first-order valence-corrected chi connectivity index (χ1v) is 13.5. The smallest absolute Gasteiger partial charge is 0.211 e. The monoisotopic (exact) mass is 477 g/mol. The Morgan fingerprint density at radius 3 is 2.48 bits per heavy atom. The summed E-state index contributed by atoms with van der Waals surface area (Å²) in [7, 11) is -3.24. The topological polar surface area (TPSA) is 111 Å². The molecule has 2 aromatic heterocycles. The van der Waals surface area contributed by atoms with Crippen molar-refractivity contribution < 1.29 is 12.8 Å². The standard InChI is InChI=1S/C22H32FN7O2S/c1-12-7-17-20(24-11-12)19(23)22(26-18-8-13(2)28-29-18)27-21(17)25-14-9-15-5-4-6-16(10-14)30(15)33(3,31)32/h7,11,13-16,18,28-29H,4-6,8-10H2,1-3H3,(H2,25,26,27)/t13?,14?,15-,16+,18?. The molecule has 180 valence electrons. The van der Waals surface area contributed by atoms with Gasteiger partial charge in [-0.25, -0.2) is 23.2 Å². The predicted molar refractivity (Wildman–Crippen MR) is 127 cm³/mol. The summed E-state index contributed by atoms with van der Waals surface area (Å²) in [5.41, 5.74) is 7.43. The number of aromatic nitrogens is 2. The molecule has 2 bridgehead atoms. The molecule has 9 nitrogen and oxygen atoms in total. The molecule has 0 spiro atoms. The molecule has 0 aromatic carbocycles. The van der Waals surface area contributed by atoms with Gasteiger partial charge in [-0.15, -0.1) is 0 Å². The maximum Gasteiger partial charge on any atom is 0.211 e. The molecule has 5 heterocycles. The highest BCUT2D eigenvalue weighted by Crippen LogP contribution is 2.38. The second kappa shape index (κ2) is 8.61. The van der Waals surface area contributed by atoms with E-state index >= 15 is 4.39 Å². The van der Waals surface area contributed by atoms with Gasteiger partial charge in [0.2, 0.25) is 10.0 Å². The van der Waals surface area contributed by atoms with Crippen LogP contribution in [0, 0.1) is 12.7 Å². The van der Waals surface area contributed by atoms with Crippen molar-refractivity contribution in [3.8, 4) is 0 Å². The third-order valence-corrected chi connectivity index (χ3v) is 8.32. The second-order valence-corrected chi connectivity index (χ2v) is 11.7. The fraction of sp³-hybridized carbons (Fsp3) is 0.636. The van der Waals surface area contributed by atoms with Crippen LogP contribution < -0.4 is 21.5 Å². The van der Waals surface area contributed by atoms with Crippen LogP contribution in [0.25, 0.3) is 10.9 Å². The van der Waals surface area contributed by atoms with E-state index in [0.717, 1.165) is 31.2 Å². The molecule has 3 aliphatic rings. The normalized spacial score (nSPS) is 30.5. The van der Waals surface area contributed by atoms with E-state index in [1.165, 1.54) is 6.26 Å². The number of hydrogen-bond donors (Lipinski definition) is 4. The van der Waals surface area contributed by atoms with Gasteiger partial charge >= 0.3 is 0 Å². The Balaban J connectivity index is 1.46. The zero-order valence-electron chi connectivity index (χ0n) is 19.2. The van der Waals surface area contributed by atoms with Gasteiger partial charge in [-0.2, -0.15) is 4.31 Å². The van der Waals surface area contributed by atoms with Crippen LogP contribution in [-0.2, 0) is 10.0 Å². The van der Waals surface area contributed by atoms with Gasteiger partial charge in [0.25, 0.3) is 0 Å². The number of sulfonamides is 1. The Bertz CT molecular complexity index is 1150. The van der Waals surface area contributed by atoms with Crippen molar-refractivity contribution in [1.82, 2.24) is 25.1 Å². The van der Waals surface area contributed by atoms with Crippen molar-refractivity contribution in [2.45, 2.75) is 82.7 Å². The lowest BCUT2D eigenvalue weighted by molar-refractivity contribution is 0.116. The number of rotatable bonds is 5. The number of nitrogens with one attached hydrogen (secondary N) is 4. The summed E-state index contributed by atoms with van der Waals surface area (Å²) >= 11 is 0. The van der Waals surface area contributed by atoms with Gasteiger partial charge in [-0.05, 0) is 57.6 Å². The highest BCUT2D eigenvalue weighted by molar-refractivity contribution is 7.88. The van der Waals surface area contributed by atoms with E-state index in [0.29, 0.717) is 24.0 Å². The molecule has 3 fully saturated rings. The minimum atomic E-state index is -3.24. The molecule has 0 saturated carbocycles. The van der Waals surface area contributed by atoms with Gasteiger partial charge in [-0.1, -0.05) is 6.42 Å². The fourth-order valence-corrected chi connectivity index (χ4v) is 7.10. The first-order chi connectivity index (χ1) is 15.7. The molecule has 5 atom stereocenters. The summed E-state index contributed by atoms with van der Waals surface area (Å²) in [6, 6.07) is 2.20. The first kappa shape index (κ1) is 22.7. The summed E-state index contributed by atoms with van der Waals surface area (Å²) < 4.78 is 41.8. The SMILES string of the molecule is Cc1cnc2c(F)c(NC3CC(C)NN3)nc(NC3C[C@H]4CCC[C@@H](C3)N4S(C)(=O)=O)c2c1. The van der Waals surface area contributed by atoms with E-state index in [9.17, 15) is 8.42 Å². The number of hydrazine groups is 1. The average molecular weight is 478 g/mol. The molecule has 4 N–H and O–H groups in total. The van der Waals surface area contributed by atoms with Crippen LogP contribution in [0.15, 0.2) is 12.3 Å². The summed E-state index contributed by atoms with van der Waals surface area (Å²) in [6.45, 7) is 3.97. The highest BCUT2D eigenvalue weighted by Gasteiger charge is 2.43. The average Bonchev–Trinajstić information content (AvgIpc) is 3.14. The van der Waals surface area contributed by atoms with Gasteiger partial charge in [0.1, 0.15) is 11.3 Å². The van der Waals surface area contributed by atoms with E-state index in [-0.39, 0.29) is 41.7 Å². The predicted octanol–water partition coefficient (Wildman–Crippen LogP) is 2.46. The van der Waals surface area contributed by atoms with Gasteiger partial charge in [0.15, 0.2) is 11.6 Å². The minimum absolute atomic E-state index is 0.00980. The number of hydrogen-bond acceptors (Lipinski definition) is 8. The van der Waals surface area contributed by atoms with Gasteiger partial charge in [-0.3, -0.25) is 10.4 Å². The lowest BCUT2D eigenvalue weighted by atomic mass is 9.84. The van der Waals surface area contributed by atoms with Crippen molar-refractivity contribution in [3.63, 3.8) is 0 Å². The summed E-state index contributed by atoms with van der Waals surface area (Å²) in [5, 5.41) is 7.34. The fourth-order valence-electron chi connectivity index (χ4n) is 5.63. The molecular formula is C22H32FN7O2S. The lowest BCUT2D eigenvalue weighted by Crippen LogP contribution is -2.56.